The van der Waals surface area contributed by atoms with Crippen LogP contribution in [0.3, 0.4) is 0 Å². The highest BCUT2D eigenvalue weighted by molar-refractivity contribution is 5.17. The molecule has 0 aliphatic heterocycles. The minimum atomic E-state index is 0.548. The van der Waals surface area contributed by atoms with Crippen LogP contribution in [0.1, 0.15) is 92.4 Å². The third-order valence-corrected chi connectivity index (χ3v) is 9.97. The highest BCUT2D eigenvalue weighted by Gasteiger charge is 2.63. The van der Waals surface area contributed by atoms with Crippen LogP contribution in [0.4, 0.5) is 0 Å². The van der Waals surface area contributed by atoms with Crippen molar-refractivity contribution in [2.75, 3.05) is 0 Å². The zero-order valence-corrected chi connectivity index (χ0v) is 17.0. The Morgan fingerprint density at radius 1 is 0.833 bits per heavy atom. The Hall–Kier alpha value is -0.260. The number of allylic oxidation sites excluding steroid dienone is 1. The fraction of sp³-hybridized carbons (Fsp3) is 0.917. The van der Waals surface area contributed by atoms with Crippen LogP contribution in [0.15, 0.2) is 12.2 Å². The first kappa shape index (κ1) is 17.2. The Morgan fingerprint density at radius 3 is 2.29 bits per heavy atom. The molecule has 0 saturated heterocycles. The molecule has 4 rings (SSSR count). The van der Waals surface area contributed by atoms with Crippen molar-refractivity contribution in [2.45, 2.75) is 92.4 Å². The largest absolute Gasteiger partial charge is 0.0998 e. The van der Waals surface area contributed by atoms with Crippen LogP contribution in [-0.4, -0.2) is 0 Å². The van der Waals surface area contributed by atoms with Gasteiger partial charge in [-0.3, -0.25) is 0 Å². The van der Waals surface area contributed by atoms with Crippen LogP contribution in [0.5, 0.6) is 0 Å². The molecular weight excluding hydrogens is 288 g/mol. The molecule has 0 amide bonds. The van der Waals surface area contributed by atoms with Gasteiger partial charge in [-0.05, 0) is 104 Å². The Morgan fingerprint density at radius 2 is 1.58 bits per heavy atom. The molecule has 0 bridgehead atoms. The average Bonchev–Trinajstić information content (AvgIpc) is 2.85. The standard InChI is InChI=1S/C24H40/c1-16(2)18-9-10-21-23(18,5)12-11-20-19-8-7-17(3)15-22(19,4)13-14-24(20,21)6/h17-21H,1,7-15H2,2-6H3. The quantitative estimate of drug-likeness (QED) is 0.445. The molecule has 0 aromatic carbocycles. The Labute approximate surface area is 150 Å². The third kappa shape index (κ3) is 2.16. The first-order valence-electron chi connectivity index (χ1n) is 10.9. The molecule has 8 unspecified atom stereocenters. The van der Waals surface area contributed by atoms with E-state index in [-0.39, 0.29) is 0 Å². The second kappa shape index (κ2) is 5.37. The summed E-state index contributed by atoms with van der Waals surface area (Å²) in [6.45, 7) is 17.2. The molecule has 0 heteroatoms. The summed E-state index contributed by atoms with van der Waals surface area (Å²) < 4.78 is 0. The van der Waals surface area contributed by atoms with Crippen LogP contribution in [0, 0.1) is 45.8 Å². The molecule has 24 heavy (non-hydrogen) atoms. The van der Waals surface area contributed by atoms with Crippen molar-refractivity contribution >= 4 is 0 Å². The van der Waals surface area contributed by atoms with Gasteiger partial charge < -0.3 is 0 Å². The van der Waals surface area contributed by atoms with Gasteiger partial charge in [-0.15, -0.1) is 0 Å². The van der Waals surface area contributed by atoms with Gasteiger partial charge in [0, 0.05) is 0 Å². The topological polar surface area (TPSA) is 0 Å². The number of hydrogen-bond donors (Lipinski definition) is 0. The SMILES string of the molecule is C=C(C)C1CCC2C1(C)CCC1C3CCC(C)CC3(C)CCC12C. The van der Waals surface area contributed by atoms with Crippen molar-refractivity contribution in [1.82, 2.24) is 0 Å². The first-order valence-corrected chi connectivity index (χ1v) is 10.9. The lowest BCUT2D eigenvalue weighted by Gasteiger charge is -2.65. The number of hydrogen-bond acceptors (Lipinski definition) is 0. The minimum Gasteiger partial charge on any atom is -0.0998 e. The van der Waals surface area contributed by atoms with E-state index in [1.54, 1.807) is 0 Å². The van der Waals surface area contributed by atoms with Crippen LogP contribution in [0.25, 0.3) is 0 Å². The second-order valence-corrected chi connectivity index (χ2v) is 11.3. The van der Waals surface area contributed by atoms with Gasteiger partial charge in [-0.2, -0.15) is 0 Å². The summed E-state index contributed by atoms with van der Waals surface area (Å²) in [4.78, 5) is 0. The van der Waals surface area contributed by atoms with E-state index in [0.29, 0.717) is 16.2 Å². The Balaban J connectivity index is 1.66. The van der Waals surface area contributed by atoms with E-state index >= 15 is 0 Å². The molecule has 8 atom stereocenters. The fourth-order valence-electron chi connectivity index (χ4n) is 8.94. The van der Waals surface area contributed by atoms with Gasteiger partial charge in [0.1, 0.15) is 0 Å². The van der Waals surface area contributed by atoms with Crippen molar-refractivity contribution < 1.29 is 0 Å². The molecule has 4 aliphatic carbocycles. The van der Waals surface area contributed by atoms with Gasteiger partial charge in [0.05, 0.1) is 0 Å². The summed E-state index contributed by atoms with van der Waals surface area (Å²) in [5.74, 6) is 4.73. The van der Waals surface area contributed by atoms with Crippen LogP contribution in [-0.2, 0) is 0 Å². The summed E-state index contributed by atoms with van der Waals surface area (Å²) in [6, 6.07) is 0. The maximum Gasteiger partial charge on any atom is -0.0152 e. The van der Waals surface area contributed by atoms with E-state index in [4.69, 9.17) is 0 Å². The van der Waals surface area contributed by atoms with Crippen molar-refractivity contribution in [1.29, 1.82) is 0 Å². The predicted molar refractivity (Wildman–Crippen MR) is 104 cm³/mol. The molecule has 0 nitrogen and oxygen atoms in total. The Kier molecular flexibility index (Phi) is 3.84. The maximum atomic E-state index is 4.39. The highest BCUT2D eigenvalue weighted by atomic mass is 14.7. The van der Waals surface area contributed by atoms with Gasteiger partial charge in [-0.1, -0.05) is 46.3 Å². The zero-order valence-electron chi connectivity index (χ0n) is 17.0. The molecular formula is C24H40. The molecule has 0 spiro atoms. The lowest BCUT2D eigenvalue weighted by Crippen LogP contribution is -2.57. The summed E-state index contributed by atoms with van der Waals surface area (Å²) in [5, 5.41) is 0. The van der Waals surface area contributed by atoms with Crippen LogP contribution >= 0.6 is 0 Å². The average molecular weight is 329 g/mol. The molecule has 0 heterocycles. The molecule has 0 aromatic heterocycles. The molecule has 0 N–H and O–H groups in total. The monoisotopic (exact) mass is 328 g/mol. The fourth-order valence-corrected chi connectivity index (χ4v) is 8.94. The van der Waals surface area contributed by atoms with Gasteiger partial charge in [0.15, 0.2) is 0 Å². The van der Waals surface area contributed by atoms with Crippen molar-refractivity contribution in [3.8, 4) is 0 Å². The van der Waals surface area contributed by atoms with Gasteiger partial charge in [0.25, 0.3) is 0 Å². The maximum absolute atomic E-state index is 4.39. The third-order valence-electron chi connectivity index (χ3n) is 9.97. The Bertz CT molecular complexity index is 532. The molecule has 0 aromatic rings. The van der Waals surface area contributed by atoms with E-state index < -0.39 is 0 Å². The lowest BCUT2D eigenvalue weighted by molar-refractivity contribution is -0.153. The minimum absolute atomic E-state index is 0.548. The van der Waals surface area contributed by atoms with Gasteiger partial charge in [0.2, 0.25) is 0 Å². The molecule has 136 valence electrons. The lowest BCUT2D eigenvalue weighted by atomic mass is 9.40. The molecule has 0 radical (unpaired) electrons. The first-order chi connectivity index (χ1) is 11.2. The molecule has 4 fully saturated rings. The van der Waals surface area contributed by atoms with E-state index in [1.807, 2.05) is 0 Å². The summed E-state index contributed by atoms with van der Waals surface area (Å²) >= 11 is 0. The van der Waals surface area contributed by atoms with Crippen LogP contribution in [0.2, 0.25) is 0 Å². The number of rotatable bonds is 1. The van der Waals surface area contributed by atoms with E-state index in [2.05, 4.69) is 41.2 Å². The molecule has 4 saturated carbocycles. The van der Waals surface area contributed by atoms with Gasteiger partial charge >= 0.3 is 0 Å². The predicted octanol–water partition coefficient (Wildman–Crippen LogP) is 7.25. The van der Waals surface area contributed by atoms with E-state index in [0.717, 1.165) is 29.6 Å². The van der Waals surface area contributed by atoms with Gasteiger partial charge in [-0.25, -0.2) is 0 Å². The van der Waals surface area contributed by atoms with Crippen molar-refractivity contribution in [3.63, 3.8) is 0 Å². The highest BCUT2D eigenvalue weighted by Crippen LogP contribution is 2.72. The van der Waals surface area contributed by atoms with E-state index in [9.17, 15) is 0 Å². The van der Waals surface area contributed by atoms with Crippen molar-refractivity contribution in [2.24, 2.45) is 45.8 Å². The van der Waals surface area contributed by atoms with Crippen molar-refractivity contribution in [3.05, 3.63) is 12.2 Å². The normalized spacial score (nSPS) is 57.0. The summed E-state index contributed by atoms with van der Waals surface area (Å²) in [6.07, 6.45) is 13.4. The summed E-state index contributed by atoms with van der Waals surface area (Å²) in [7, 11) is 0. The van der Waals surface area contributed by atoms with E-state index in [1.165, 1.54) is 63.4 Å². The smallest absolute Gasteiger partial charge is 0.0152 e. The zero-order chi connectivity index (χ0) is 17.3. The number of fused-ring (bicyclic) bond motifs is 5. The molecule has 4 aliphatic rings. The second-order valence-electron chi connectivity index (χ2n) is 11.3. The summed E-state index contributed by atoms with van der Waals surface area (Å²) in [5.41, 5.74) is 3.28. The van der Waals surface area contributed by atoms with Crippen LogP contribution < -0.4 is 0 Å².